The van der Waals surface area contributed by atoms with E-state index in [1.807, 2.05) is 42.5 Å². The normalized spacial score (nSPS) is 10.3. The van der Waals surface area contributed by atoms with Crippen molar-refractivity contribution < 1.29 is 19.3 Å². The molecule has 1 aromatic heterocycles. The topological polar surface area (TPSA) is 138 Å². The highest BCUT2D eigenvalue weighted by Crippen LogP contribution is 2.21. The van der Waals surface area contributed by atoms with Crippen LogP contribution < -0.4 is 15.2 Å². The van der Waals surface area contributed by atoms with E-state index in [0.29, 0.717) is 36.8 Å². The predicted octanol–water partition coefficient (Wildman–Crippen LogP) is 4.00. The largest absolute Gasteiger partial charge is 0.489 e. The molecule has 0 saturated heterocycles. The first-order chi connectivity index (χ1) is 14.5. The van der Waals surface area contributed by atoms with Gasteiger partial charge >= 0.3 is 5.97 Å². The molecule has 0 aliphatic heterocycles. The van der Waals surface area contributed by atoms with Gasteiger partial charge in [-0.15, -0.1) is 4.68 Å². The fourth-order valence-electron chi connectivity index (χ4n) is 2.78. The van der Waals surface area contributed by atoms with E-state index >= 15 is 0 Å². The summed E-state index contributed by atoms with van der Waals surface area (Å²) in [5.41, 5.74) is 17.5. The van der Waals surface area contributed by atoms with Crippen LogP contribution in [0.2, 0.25) is 0 Å². The standard InChI is InChI=1S/C21H20N6O3/c22-20-12-11-19(25-27(20)13-1-2-21(28)29)16-5-9-18(10-6-16)30-14-15-3-7-17(8-4-15)24-26-23/h3-12,22H,1-2,13-14H2,(H,28,29)/p+1. The molecule has 9 heteroatoms. The minimum Gasteiger partial charge on any atom is -0.489 e. The van der Waals surface area contributed by atoms with Crippen molar-refractivity contribution in [3.8, 4) is 17.0 Å². The third-order valence-corrected chi connectivity index (χ3v) is 4.35. The van der Waals surface area contributed by atoms with Crippen molar-refractivity contribution in [2.75, 3.05) is 5.73 Å². The van der Waals surface area contributed by atoms with E-state index in [2.05, 4.69) is 15.1 Å². The Kier molecular flexibility index (Phi) is 6.81. The van der Waals surface area contributed by atoms with Gasteiger partial charge in [-0.1, -0.05) is 34.5 Å². The molecule has 30 heavy (non-hydrogen) atoms. The van der Waals surface area contributed by atoms with Crippen LogP contribution in [0.1, 0.15) is 18.4 Å². The van der Waals surface area contributed by atoms with Gasteiger partial charge in [-0.2, -0.15) is 0 Å². The number of nitrogens with two attached hydrogens (primary N) is 1. The lowest BCUT2D eigenvalue weighted by atomic mass is 10.1. The number of hydrogen-bond acceptors (Lipinski definition) is 5. The van der Waals surface area contributed by atoms with Gasteiger partial charge in [-0.3, -0.25) is 10.5 Å². The van der Waals surface area contributed by atoms with Crippen LogP contribution in [0.5, 0.6) is 5.75 Å². The Morgan fingerprint density at radius 3 is 2.53 bits per heavy atom. The molecule has 0 unspecified atom stereocenters. The summed E-state index contributed by atoms with van der Waals surface area (Å²) in [4.78, 5) is 13.4. The molecule has 0 atom stereocenters. The van der Waals surface area contributed by atoms with Crippen molar-refractivity contribution in [2.45, 2.75) is 26.0 Å². The molecule has 152 valence electrons. The highest BCUT2D eigenvalue weighted by atomic mass is 16.5. The van der Waals surface area contributed by atoms with Crippen LogP contribution in [0.25, 0.3) is 21.7 Å². The smallest absolute Gasteiger partial charge is 0.303 e. The molecule has 1 heterocycles. The van der Waals surface area contributed by atoms with Crippen LogP contribution >= 0.6 is 0 Å². The summed E-state index contributed by atoms with van der Waals surface area (Å²) < 4.78 is 7.41. The van der Waals surface area contributed by atoms with Gasteiger partial charge in [0.1, 0.15) is 24.6 Å². The lowest BCUT2D eigenvalue weighted by molar-refractivity contribution is -0.739. The summed E-state index contributed by atoms with van der Waals surface area (Å²) in [7, 11) is 0. The molecule has 0 saturated carbocycles. The number of aromatic nitrogens is 2. The van der Waals surface area contributed by atoms with Crippen molar-refractivity contribution in [3.63, 3.8) is 0 Å². The van der Waals surface area contributed by atoms with Gasteiger partial charge in [0, 0.05) is 28.6 Å². The molecule has 0 bridgehead atoms. The van der Waals surface area contributed by atoms with Gasteiger partial charge in [-0.25, -0.2) is 0 Å². The van der Waals surface area contributed by atoms with Crippen LogP contribution in [-0.4, -0.2) is 16.2 Å². The first kappa shape index (κ1) is 20.6. The molecule has 3 aromatic rings. The maximum Gasteiger partial charge on any atom is 0.303 e. The molecule has 0 aliphatic rings. The van der Waals surface area contributed by atoms with Gasteiger partial charge < -0.3 is 9.84 Å². The third kappa shape index (κ3) is 5.70. The molecule has 0 aliphatic carbocycles. The number of benzene rings is 2. The zero-order valence-electron chi connectivity index (χ0n) is 16.2. The number of aliphatic carboxylic acids is 1. The summed E-state index contributed by atoms with van der Waals surface area (Å²) in [6, 6.07) is 18.3. The van der Waals surface area contributed by atoms with Gasteiger partial charge in [0.05, 0.1) is 0 Å². The van der Waals surface area contributed by atoms with E-state index in [1.54, 1.807) is 22.9 Å². The number of nitrogens with zero attached hydrogens (tertiary/aromatic N) is 5. The number of ether oxygens (including phenoxy) is 1. The van der Waals surface area contributed by atoms with Crippen LogP contribution in [0.3, 0.4) is 0 Å². The van der Waals surface area contributed by atoms with Crippen molar-refractivity contribution in [1.29, 1.82) is 0 Å². The average Bonchev–Trinajstić information content (AvgIpc) is 2.75. The lowest BCUT2D eigenvalue weighted by Crippen LogP contribution is -2.41. The highest BCUT2D eigenvalue weighted by Gasteiger charge is 2.10. The molecule has 0 amide bonds. The van der Waals surface area contributed by atoms with Crippen molar-refractivity contribution in [3.05, 3.63) is 76.7 Å². The Morgan fingerprint density at radius 2 is 1.87 bits per heavy atom. The van der Waals surface area contributed by atoms with Crippen LogP contribution in [0.4, 0.5) is 11.5 Å². The Balaban J connectivity index is 1.63. The maximum absolute atomic E-state index is 10.7. The number of hydrogen-bond donors (Lipinski definition) is 2. The number of carboxylic acids is 1. The molecular formula is C21H21N6O3+. The fraction of sp³-hybridized carbons (Fsp3) is 0.190. The minimum atomic E-state index is -0.840. The SMILES string of the molecule is [N-]=[N+]=Nc1ccc(COc2ccc(-c3ccc(N)[n+](CCCC(=O)O)n3)cc2)cc1. The van der Waals surface area contributed by atoms with E-state index < -0.39 is 5.97 Å². The molecule has 3 N–H and O–H groups in total. The number of azide groups is 1. The third-order valence-electron chi connectivity index (χ3n) is 4.35. The fourth-order valence-corrected chi connectivity index (χ4v) is 2.78. The quantitative estimate of drug-likeness (QED) is 0.240. The van der Waals surface area contributed by atoms with E-state index in [4.69, 9.17) is 21.1 Å². The number of anilines is 1. The molecule has 0 spiro atoms. The molecular weight excluding hydrogens is 384 g/mol. The number of carboxylic acid groups (broad SMARTS) is 1. The molecule has 9 nitrogen and oxygen atoms in total. The van der Waals surface area contributed by atoms with E-state index in [9.17, 15) is 4.79 Å². The van der Waals surface area contributed by atoms with Gasteiger partial charge in [0.2, 0.25) is 0 Å². The minimum absolute atomic E-state index is 0.0681. The Hall–Kier alpha value is -4.10. The van der Waals surface area contributed by atoms with Crippen LogP contribution in [-0.2, 0) is 17.9 Å². The second kappa shape index (κ2) is 9.90. The second-order valence-electron chi connectivity index (χ2n) is 6.53. The summed E-state index contributed by atoms with van der Waals surface area (Å²) in [6.45, 7) is 0.825. The highest BCUT2D eigenvalue weighted by molar-refractivity contribution is 5.66. The first-order valence-electron chi connectivity index (χ1n) is 9.31. The number of aryl methyl sites for hydroxylation is 1. The number of carbonyl (C=O) groups is 1. The second-order valence-corrected chi connectivity index (χ2v) is 6.53. The van der Waals surface area contributed by atoms with Crippen molar-refractivity contribution >= 4 is 17.5 Å². The predicted molar refractivity (Wildman–Crippen MR) is 111 cm³/mol. The van der Waals surface area contributed by atoms with Crippen LogP contribution in [0.15, 0.2) is 65.8 Å². The zero-order valence-corrected chi connectivity index (χ0v) is 16.2. The van der Waals surface area contributed by atoms with E-state index in [0.717, 1.165) is 16.8 Å². The van der Waals surface area contributed by atoms with Crippen molar-refractivity contribution in [2.24, 2.45) is 5.11 Å². The maximum atomic E-state index is 10.7. The van der Waals surface area contributed by atoms with Gasteiger partial charge in [0.15, 0.2) is 0 Å². The van der Waals surface area contributed by atoms with Gasteiger partial charge in [0.25, 0.3) is 5.82 Å². The van der Waals surface area contributed by atoms with Gasteiger partial charge in [-0.05, 0) is 47.8 Å². The number of rotatable bonds is 9. The van der Waals surface area contributed by atoms with Crippen molar-refractivity contribution in [1.82, 2.24) is 5.10 Å². The summed E-state index contributed by atoms with van der Waals surface area (Å²) in [6.07, 6.45) is 0.524. The Morgan fingerprint density at radius 1 is 1.13 bits per heavy atom. The van der Waals surface area contributed by atoms with E-state index in [-0.39, 0.29) is 6.42 Å². The lowest BCUT2D eigenvalue weighted by Gasteiger charge is -2.08. The summed E-state index contributed by atoms with van der Waals surface area (Å²) in [5.74, 6) is 0.353. The van der Waals surface area contributed by atoms with E-state index in [1.165, 1.54) is 0 Å². The average molecular weight is 405 g/mol. The molecule has 2 aromatic carbocycles. The Bertz CT molecular complexity index is 1060. The monoisotopic (exact) mass is 405 g/mol. The molecule has 0 fully saturated rings. The zero-order chi connectivity index (χ0) is 21.3. The molecule has 0 radical (unpaired) electrons. The first-order valence-corrected chi connectivity index (χ1v) is 9.31. The summed E-state index contributed by atoms with van der Waals surface area (Å²) in [5, 5.41) is 16.8. The van der Waals surface area contributed by atoms with Crippen LogP contribution in [0, 0.1) is 0 Å². The molecule has 3 rings (SSSR count). The number of nitrogen functional groups attached to an aromatic ring is 1. The Labute approximate surface area is 173 Å². The summed E-state index contributed by atoms with van der Waals surface area (Å²) >= 11 is 0.